The van der Waals surface area contributed by atoms with Gasteiger partial charge in [-0.3, -0.25) is 4.68 Å². The first-order valence-electron chi connectivity index (χ1n) is 6.27. The van der Waals surface area contributed by atoms with E-state index >= 15 is 0 Å². The molecule has 0 unspecified atom stereocenters. The van der Waals surface area contributed by atoms with Crippen LogP contribution in [0.4, 0.5) is 0 Å². The first-order valence-corrected chi connectivity index (χ1v) is 7.93. The van der Waals surface area contributed by atoms with Gasteiger partial charge in [-0.25, -0.2) is 13.1 Å². The molecule has 18 heavy (non-hydrogen) atoms. The van der Waals surface area contributed by atoms with Gasteiger partial charge in [-0.1, -0.05) is 13.8 Å². The highest BCUT2D eigenvalue weighted by Gasteiger charge is 2.07. The highest BCUT2D eigenvalue weighted by Crippen LogP contribution is 1.99. The summed E-state index contributed by atoms with van der Waals surface area (Å²) in [5.74, 6) is 0.1000. The fourth-order valence-corrected chi connectivity index (χ4v) is 2.64. The lowest BCUT2D eigenvalue weighted by atomic mass is 10.4. The predicted molar refractivity (Wildman–Crippen MR) is 71.7 cm³/mol. The highest BCUT2D eigenvalue weighted by atomic mass is 32.2. The highest BCUT2D eigenvalue weighted by molar-refractivity contribution is 7.89. The number of nitrogens with one attached hydrogen (secondary N) is 2. The van der Waals surface area contributed by atoms with Crippen LogP contribution in [-0.2, 0) is 23.1 Å². The lowest BCUT2D eigenvalue weighted by Crippen LogP contribution is -2.31. The average Bonchev–Trinajstić information content (AvgIpc) is 2.73. The zero-order valence-corrected chi connectivity index (χ0v) is 11.8. The van der Waals surface area contributed by atoms with E-state index in [0.717, 1.165) is 18.7 Å². The molecule has 7 heteroatoms. The monoisotopic (exact) mass is 274 g/mol. The van der Waals surface area contributed by atoms with Gasteiger partial charge in [0.2, 0.25) is 10.0 Å². The second-order valence-corrected chi connectivity index (χ2v) is 5.97. The van der Waals surface area contributed by atoms with Gasteiger partial charge >= 0.3 is 0 Å². The summed E-state index contributed by atoms with van der Waals surface area (Å²) in [7, 11) is -3.13. The molecule has 0 fully saturated rings. The summed E-state index contributed by atoms with van der Waals surface area (Å²) in [5, 5.41) is 7.33. The normalized spacial score (nSPS) is 11.9. The maximum absolute atomic E-state index is 11.4. The molecule has 0 saturated heterocycles. The molecule has 6 nitrogen and oxygen atoms in total. The molecule has 2 N–H and O–H groups in total. The molecule has 1 heterocycles. The van der Waals surface area contributed by atoms with E-state index in [2.05, 4.69) is 22.1 Å². The minimum absolute atomic E-state index is 0.1000. The second kappa shape index (κ2) is 7.50. The second-order valence-electron chi connectivity index (χ2n) is 4.04. The molecule has 0 aliphatic carbocycles. The van der Waals surface area contributed by atoms with Gasteiger partial charge in [-0.2, -0.15) is 5.10 Å². The van der Waals surface area contributed by atoms with Crippen molar-refractivity contribution in [3.8, 4) is 0 Å². The minimum atomic E-state index is -3.13. The largest absolute Gasteiger partial charge is 0.310 e. The summed E-state index contributed by atoms with van der Waals surface area (Å²) >= 11 is 0. The molecule has 104 valence electrons. The van der Waals surface area contributed by atoms with E-state index < -0.39 is 10.0 Å². The van der Waals surface area contributed by atoms with Crippen LogP contribution in [0, 0.1) is 0 Å². The average molecular weight is 274 g/mol. The Morgan fingerprint density at radius 3 is 2.83 bits per heavy atom. The predicted octanol–water partition coefficient (Wildman–Crippen LogP) is 0.322. The van der Waals surface area contributed by atoms with Gasteiger partial charge in [0.25, 0.3) is 0 Å². The summed E-state index contributed by atoms with van der Waals surface area (Å²) in [6.45, 7) is 6.27. The molecule has 0 saturated carbocycles. The van der Waals surface area contributed by atoms with Crippen LogP contribution in [0.3, 0.4) is 0 Å². The first-order chi connectivity index (χ1) is 8.59. The van der Waals surface area contributed by atoms with Crippen molar-refractivity contribution in [1.29, 1.82) is 0 Å². The summed E-state index contributed by atoms with van der Waals surface area (Å²) in [6.07, 6.45) is 2.80. The number of rotatable bonds is 9. The Hall–Kier alpha value is -0.920. The quantitative estimate of drug-likeness (QED) is 0.636. The third kappa shape index (κ3) is 5.16. The maximum atomic E-state index is 11.4. The molecule has 0 aliphatic heterocycles. The summed E-state index contributed by atoms with van der Waals surface area (Å²) in [6, 6.07) is 1.95. The van der Waals surface area contributed by atoms with Crippen molar-refractivity contribution in [3.05, 3.63) is 18.0 Å². The van der Waals surface area contributed by atoms with Gasteiger partial charge in [0.15, 0.2) is 0 Å². The molecule has 1 aromatic heterocycles. The van der Waals surface area contributed by atoms with Gasteiger partial charge in [0, 0.05) is 32.4 Å². The Morgan fingerprint density at radius 2 is 2.17 bits per heavy atom. The zero-order valence-electron chi connectivity index (χ0n) is 11.0. The Bertz CT molecular complexity index is 442. The van der Waals surface area contributed by atoms with E-state index in [0.29, 0.717) is 19.6 Å². The third-order valence-electron chi connectivity index (χ3n) is 2.46. The van der Waals surface area contributed by atoms with E-state index in [1.165, 1.54) is 0 Å². The van der Waals surface area contributed by atoms with Crippen LogP contribution in [0.5, 0.6) is 0 Å². The standard InChI is InChI=1S/C11H22N4O2S/c1-3-8-15-11(5-6-13-15)10-12-7-9-18(16,17)14-4-2/h5-6,12,14H,3-4,7-10H2,1-2H3. The lowest BCUT2D eigenvalue weighted by molar-refractivity contribution is 0.550. The number of aromatic nitrogens is 2. The third-order valence-corrected chi connectivity index (χ3v) is 3.93. The Labute approximate surface area is 109 Å². The first kappa shape index (κ1) is 15.1. The van der Waals surface area contributed by atoms with Gasteiger partial charge in [0.1, 0.15) is 0 Å². The number of sulfonamides is 1. The van der Waals surface area contributed by atoms with Crippen molar-refractivity contribution in [2.75, 3.05) is 18.8 Å². The van der Waals surface area contributed by atoms with Crippen LogP contribution in [0.25, 0.3) is 0 Å². The van der Waals surface area contributed by atoms with Gasteiger partial charge in [0.05, 0.1) is 11.4 Å². The maximum Gasteiger partial charge on any atom is 0.212 e. The molecule has 0 aliphatic rings. The molecular formula is C11H22N4O2S. The van der Waals surface area contributed by atoms with E-state index in [-0.39, 0.29) is 5.75 Å². The number of aryl methyl sites for hydroxylation is 1. The van der Waals surface area contributed by atoms with Gasteiger partial charge in [-0.15, -0.1) is 0 Å². The summed E-state index contributed by atoms with van der Waals surface area (Å²) in [5.41, 5.74) is 1.08. The Kier molecular flexibility index (Phi) is 6.31. The van der Waals surface area contributed by atoms with Crippen molar-refractivity contribution in [3.63, 3.8) is 0 Å². The molecular weight excluding hydrogens is 252 g/mol. The van der Waals surface area contributed by atoms with Crippen LogP contribution in [0.2, 0.25) is 0 Å². The van der Waals surface area contributed by atoms with Crippen molar-refractivity contribution >= 4 is 10.0 Å². The molecule has 0 amide bonds. The van der Waals surface area contributed by atoms with Crippen LogP contribution in [-0.4, -0.2) is 37.0 Å². The van der Waals surface area contributed by atoms with Crippen molar-refractivity contribution in [2.24, 2.45) is 0 Å². The SMILES string of the molecule is CCCn1nccc1CNCCS(=O)(=O)NCC. The van der Waals surface area contributed by atoms with Crippen molar-refractivity contribution < 1.29 is 8.42 Å². The lowest BCUT2D eigenvalue weighted by Gasteiger charge is -2.08. The van der Waals surface area contributed by atoms with Crippen LogP contribution < -0.4 is 10.0 Å². The topological polar surface area (TPSA) is 76.0 Å². The van der Waals surface area contributed by atoms with Crippen LogP contribution >= 0.6 is 0 Å². The molecule has 0 radical (unpaired) electrons. The zero-order chi connectivity index (χ0) is 13.4. The molecule has 0 atom stereocenters. The fraction of sp³-hybridized carbons (Fsp3) is 0.727. The molecule has 1 aromatic rings. The van der Waals surface area contributed by atoms with E-state index in [1.54, 1.807) is 13.1 Å². The summed E-state index contributed by atoms with van der Waals surface area (Å²) in [4.78, 5) is 0. The van der Waals surface area contributed by atoms with Crippen molar-refractivity contribution in [2.45, 2.75) is 33.4 Å². The molecule has 0 bridgehead atoms. The number of hydrogen-bond acceptors (Lipinski definition) is 4. The minimum Gasteiger partial charge on any atom is -0.310 e. The summed E-state index contributed by atoms with van der Waals surface area (Å²) < 4.78 is 27.2. The smallest absolute Gasteiger partial charge is 0.212 e. The van der Waals surface area contributed by atoms with Crippen LogP contribution in [0.15, 0.2) is 12.3 Å². The number of hydrogen-bond donors (Lipinski definition) is 2. The van der Waals surface area contributed by atoms with Gasteiger partial charge in [-0.05, 0) is 12.5 Å². The Balaban J connectivity index is 2.31. The Morgan fingerprint density at radius 1 is 1.39 bits per heavy atom. The van der Waals surface area contributed by atoms with Crippen LogP contribution in [0.1, 0.15) is 26.0 Å². The fourth-order valence-electron chi connectivity index (χ4n) is 1.64. The number of nitrogens with zero attached hydrogens (tertiary/aromatic N) is 2. The van der Waals surface area contributed by atoms with Gasteiger partial charge < -0.3 is 5.32 Å². The molecule has 1 rings (SSSR count). The molecule has 0 aromatic carbocycles. The molecule has 0 spiro atoms. The van der Waals surface area contributed by atoms with E-state index in [4.69, 9.17) is 0 Å². The van der Waals surface area contributed by atoms with E-state index in [1.807, 2.05) is 10.7 Å². The van der Waals surface area contributed by atoms with Crippen molar-refractivity contribution in [1.82, 2.24) is 19.8 Å². The van der Waals surface area contributed by atoms with E-state index in [9.17, 15) is 8.42 Å².